The van der Waals surface area contributed by atoms with Gasteiger partial charge < -0.3 is 20.5 Å². The first-order chi connectivity index (χ1) is 16.2. The molecule has 2 aromatic rings. The SMILES string of the molecule is CC(C)(C)OC(=O)NCCCCCCNC(=O)CCc1cc(N=Nc2ccccc2)ccc1O. The van der Waals surface area contributed by atoms with Crippen LogP contribution in [0.1, 0.15) is 58.4 Å². The number of benzene rings is 2. The molecule has 0 aliphatic rings. The topological polar surface area (TPSA) is 112 Å². The molecule has 0 aliphatic carbocycles. The molecule has 34 heavy (non-hydrogen) atoms. The van der Waals surface area contributed by atoms with E-state index in [0.717, 1.165) is 31.4 Å². The Kier molecular flexibility index (Phi) is 11.0. The number of carbonyl (C=O) groups is 2. The number of unbranched alkanes of at least 4 members (excludes halogenated alkanes) is 3. The summed E-state index contributed by atoms with van der Waals surface area (Å²) in [7, 11) is 0. The van der Waals surface area contributed by atoms with Gasteiger partial charge >= 0.3 is 6.09 Å². The zero-order valence-electron chi connectivity index (χ0n) is 20.3. The summed E-state index contributed by atoms with van der Waals surface area (Å²) in [6, 6.07) is 14.4. The number of aryl methyl sites for hydroxylation is 1. The van der Waals surface area contributed by atoms with Gasteiger partial charge in [0.1, 0.15) is 11.4 Å². The van der Waals surface area contributed by atoms with Gasteiger partial charge in [-0.05, 0) is 75.9 Å². The summed E-state index contributed by atoms with van der Waals surface area (Å²) >= 11 is 0. The van der Waals surface area contributed by atoms with E-state index in [1.165, 1.54) is 0 Å². The summed E-state index contributed by atoms with van der Waals surface area (Å²) in [6.45, 7) is 6.68. The Morgan fingerprint density at radius 1 is 0.882 bits per heavy atom. The van der Waals surface area contributed by atoms with Gasteiger partial charge in [-0.1, -0.05) is 31.0 Å². The van der Waals surface area contributed by atoms with Gasteiger partial charge in [0.25, 0.3) is 0 Å². The molecule has 0 heterocycles. The molecule has 0 aromatic heterocycles. The van der Waals surface area contributed by atoms with Gasteiger partial charge in [-0.2, -0.15) is 10.2 Å². The van der Waals surface area contributed by atoms with Crippen molar-refractivity contribution in [3.05, 3.63) is 54.1 Å². The standard InChI is InChI=1S/C26H36N4O4/c1-26(2,3)34-25(33)28-18-10-5-4-9-17-27-24(32)16-13-20-19-22(14-15-23(20)31)30-29-21-11-7-6-8-12-21/h6-8,11-12,14-15,19,31H,4-5,9-10,13,16-18H2,1-3H3,(H,27,32)(H,28,33). The summed E-state index contributed by atoms with van der Waals surface area (Å²) in [5.74, 6) is 0.0914. The van der Waals surface area contributed by atoms with Crippen molar-refractivity contribution in [1.82, 2.24) is 10.6 Å². The number of azo groups is 1. The Bertz CT molecular complexity index is 940. The number of ether oxygens (including phenoxy) is 1. The quantitative estimate of drug-likeness (QED) is 0.264. The van der Waals surface area contributed by atoms with E-state index in [1.54, 1.807) is 18.2 Å². The van der Waals surface area contributed by atoms with Crippen molar-refractivity contribution in [3.8, 4) is 5.75 Å². The molecule has 3 N–H and O–H groups in total. The highest BCUT2D eigenvalue weighted by molar-refractivity contribution is 5.76. The lowest BCUT2D eigenvalue weighted by Gasteiger charge is -2.19. The largest absolute Gasteiger partial charge is 0.508 e. The number of amides is 2. The Balaban J connectivity index is 1.60. The molecule has 8 nitrogen and oxygen atoms in total. The minimum absolute atomic E-state index is 0.0534. The number of hydrogen-bond acceptors (Lipinski definition) is 6. The number of carbonyl (C=O) groups excluding carboxylic acids is 2. The van der Waals surface area contributed by atoms with Gasteiger partial charge in [0.15, 0.2) is 0 Å². The van der Waals surface area contributed by atoms with Crippen molar-refractivity contribution >= 4 is 23.4 Å². The Hall–Kier alpha value is -3.42. The Morgan fingerprint density at radius 2 is 1.53 bits per heavy atom. The number of rotatable bonds is 12. The smallest absolute Gasteiger partial charge is 0.407 e. The molecule has 0 saturated carbocycles. The van der Waals surface area contributed by atoms with Gasteiger partial charge in [-0.25, -0.2) is 4.79 Å². The maximum absolute atomic E-state index is 12.2. The Labute approximate surface area is 201 Å². The molecule has 0 unspecified atom stereocenters. The van der Waals surface area contributed by atoms with Crippen LogP contribution in [0.3, 0.4) is 0 Å². The van der Waals surface area contributed by atoms with Crippen LogP contribution in [0.4, 0.5) is 16.2 Å². The van der Waals surface area contributed by atoms with Crippen LogP contribution in [0.25, 0.3) is 0 Å². The molecule has 2 amide bonds. The van der Waals surface area contributed by atoms with E-state index in [9.17, 15) is 14.7 Å². The Morgan fingerprint density at radius 3 is 2.21 bits per heavy atom. The van der Waals surface area contributed by atoms with Crippen LogP contribution >= 0.6 is 0 Å². The van der Waals surface area contributed by atoms with Crippen LogP contribution in [0, 0.1) is 0 Å². The highest BCUT2D eigenvalue weighted by atomic mass is 16.6. The second kappa shape index (κ2) is 14.0. The number of alkyl carbamates (subject to hydrolysis) is 1. The molecule has 8 heteroatoms. The minimum atomic E-state index is -0.489. The lowest BCUT2D eigenvalue weighted by atomic mass is 10.1. The maximum atomic E-state index is 12.2. The highest BCUT2D eigenvalue weighted by Crippen LogP contribution is 2.26. The molecule has 0 fully saturated rings. The van der Waals surface area contributed by atoms with E-state index in [0.29, 0.717) is 30.8 Å². The predicted molar refractivity (Wildman–Crippen MR) is 133 cm³/mol. The van der Waals surface area contributed by atoms with Crippen LogP contribution < -0.4 is 10.6 Å². The van der Waals surface area contributed by atoms with Crippen LogP contribution in [0.15, 0.2) is 58.8 Å². The van der Waals surface area contributed by atoms with Crippen molar-refractivity contribution in [1.29, 1.82) is 0 Å². The predicted octanol–water partition coefficient (Wildman–Crippen LogP) is 5.94. The van der Waals surface area contributed by atoms with Gasteiger partial charge in [0.2, 0.25) is 5.91 Å². The molecule has 0 bridgehead atoms. The molecule has 0 atom stereocenters. The summed E-state index contributed by atoms with van der Waals surface area (Å²) < 4.78 is 5.19. The van der Waals surface area contributed by atoms with E-state index in [-0.39, 0.29) is 18.1 Å². The van der Waals surface area contributed by atoms with Crippen LogP contribution in [0.5, 0.6) is 5.75 Å². The van der Waals surface area contributed by atoms with Gasteiger partial charge in [0, 0.05) is 19.5 Å². The van der Waals surface area contributed by atoms with Crippen LogP contribution in [-0.4, -0.2) is 35.8 Å². The molecule has 2 rings (SSSR count). The third-order valence-electron chi connectivity index (χ3n) is 4.82. The van der Waals surface area contributed by atoms with Crippen LogP contribution in [-0.2, 0) is 16.0 Å². The number of nitrogens with zero attached hydrogens (tertiary/aromatic N) is 2. The first kappa shape index (κ1) is 26.8. The molecule has 0 radical (unpaired) electrons. The summed E-state index contributed by atoms with van der Waals surface area (Å²) in [6.07, 6.45) is 3.98. The van der Waals surface area contributed by atoms with E-state index in [4.69, 9.17) is 4.74 Å². The second-order valence-electron chi connectivity index (χ2n) is 9.04. The first-order valence-corrected chi connectivity index (χ1v) is 11.8. The zero-order chi connectivity index (χ0) is 24.8. The third-order valence-corrected chi connectivity index (χ3v) is 4.82. The molecule has 2 aromatic carbocycles. The van der Waals surface area contributed by atoms with Crippen molar-refractivity contribution < 1.29 is 19.4 Å². The number of hydrogen-bond donors (Lipinski definition) is 3. The number of aromatic hydroxyl groups is 1. The van der Waals surface area contributed by atoms with E-state index >= 15 is 0 Å². The fourth-order valence-corrected chi connectivity index (χ4v) is 3.12. The van der Waals surface area contributed by atoms with Crippen molar-refractivity contribution in [3.63, 3.8) is 0 Å². The summed E-state index contributed by atoms with van der Waals surface area (Å²) in [4.78, 5) is 23.7. The van der Waals surface area contributed by atoms with E-state index in [1.807, 2.05) is 51.1 Å². The fraction of sp³-hybridized carbons (Fsp3) is 0.462. The highest BCUT2D eigenvalue weighted by Gasteiger charge is 2.15. The van der Waals surface area contributed by atoms with Crippen molar-refractivity contribution in [2.24, 2.45) is 10.2 Å². The molecule has 0 aliphatic heterocycles. The molecule has 0 spiro atoms. The monoisotopic (exact) mass is 468 g/mol. The molecule has 0 saturated heterocycles. The molecule has 184 valence electrons. The summed E-state index contributed by atoms with van der Waals surface area (Å²) in [5.41, 5.74) is 1.54. The fourth-order valence-electron chi connectivity index (χ4n) is 3.12. The van der Waals surface area contributed by atoms with Gasteiger partial charge in [0.05, 0.1) is 11.4 Å². The number of nitrogens with one attached hydrogen (secondary N) is 2. The lowest BCUT2D eigenvalue weighted by Crippen LogP contribution is -2.33. The minimum Gasteiger partial charge on any atom is -0.508 e. The first-order valence-electron chi connectivity index (χ1n) is 11.8. The summed E-state index contributed by atoms with van der Waals surface area (Å²) in [5, 5.41) is 24.1. The third kappa shape index (κ3) is 11.4. The average molecular weight is 469 g/mol. The zero-order valence-corrected chi connectivity index (χ0v) is 20.3. The maximum Gasteiger partial charge on any atom is 0.407 e. The number of phenols is 1. The van der Waals surface area contributed by atoms with E-state index < -0.39 is 11.7 Å². The number of phenolic OH excluding ortho intramolecular Hbond substituents is 1. The normalized spacial score (nSPS) is 11.4. The van der Waals surface area contributed by atoms with E-state index in [2.05, 4.69) is 20.9 Å². The van der Waals surface area contributed by atoms with Crippen LogP contribution in [0.2, 0.25) is 0 Å². The second-order valence-corrected chi connectivity index (χ2v) is 9.04. The van der Waals surface area contributed by atoms with Crippen molar-refractivity contribution in [2.45, 2.75) is 64.9 Å². The van der Waals surface area contributed by atoms with Gasteiger partial charge in [-0.3, -0.25) is 4.79 Å². The lowest BCUT2D eigenvalue weighted by molar-refractivity contribution is -0.121. The van der Waals surface area contributed by atoms with Crippen molar-refractivity contribution in [2.75, 3.05) is 13.1 Å². The van der Waals surface area contributed by atoms with Gasteiger partial charge in [-0.15, -0.1) is 0 Å². The molecular weight excluding hydrogens is 432 g/mol. The molecular formula is C26H36N4O4. The average Bonchev–Trinajstić information content (AvgIpc) is 2.79.